The second-order valence-corrected chi connectivity index (χ2v) is 4.67. The molecule has 3 N–H and O–H groups in total. The Balaban J connectivity index is 2.22. The molecule has 0 saturated carbocycles. The van der Waals surface area contributed by atoms with E-state index in [0.29, 0.717) is 13.0 Å². The average Bonchev–Trinajstić information content (AvgIpc) is 2.88. The van der Waals surface area contributed by atoms with Gasteiger partial charge >= 0.3 is 6.18 Å². The Bertz CT molecular complexity index is 417. The first-order valence-electron chi connectivity index (χ1n) is 6.26. The molecule has 0 aromatic heterocycles. The van der Waals surface area contributed by atoms with E-state index >= 15 is 0 Å². The summed E-state index contributed by atoms with van der Waals surface area (Å²) in [5, 5.41) is 0. The third kappa shape index (κ3) is 3.46. The van der Waals surface area contributed by atoms with Crippen LogP contribution in [0, 0.1) is 0 Å². The second kappa shape index (κ2) is 5.90. The minimum absolute atomic E-state index is 0.0256. The maximum absolute atomic E-state index is 13.0. The number of hydrogen-bond donors (Lipinski definition) is 2. The van der Waals surface area contributed by atoms with Crippen molar-refractivity contribution in [3.8, 4) is 0 Å². The van der Waals surface area contributed by atoms with Gasteiger partial charge in [0.25, 0.3) is 0 Å². The number of alkyl halides is 3. The van der Waals surface area contributed by atoms with Crippen molar-refractivity contribution in [2.75, 3.05) is 6.61 Å². The van der Waals surface area contributed by atoms with E-state index < -0.39 is 17.8 Å². The number of benzene rings is 1. The smallest absolute Gasteiger partial charge is 0.378 e. The van der Waals surface area contributed by atoms with E-state index in [9.17, 15) is 13.2 Å². The van der Waals surface area contributed by atoms with Gasteiger partial charge in [-0.25, -0.2) is 0 Å². The Kier molecular flexibility index (Phi) is 4.44. The molecule has 0 aliphatic carbocycles. The van der Waals surface area contributed by atoms with Crippen LogP contribution in [-0.2, 0) is 10.9 Å². The molecule has 3 nitrogen and oxygen atoms in total. The van der Waals surface area contributed by atoms with Gasteiger partial charge in [0.15, 0.2) is 0 Å². The van der Waals surface area contributed by atoms with Crippen LogP contribution in [0.2, 0.25) is 0 Å². The molecule has 1 saturated heterocycles. The lowest BCUT2D eigenvalue weighted by Crippen LogP contribution is -2.32. The van der Waals surface area contributed by atoms with E-state index in [-0.39, 0.29) is 11.7 Å². The molecular formula is C13H17F3N2O. The number of nitrogens with one attached hydrogen (secondary N) is 1. The fourth-order valence-corrected chi connectivity index (χ4v) is 2.44. The summed E-state index contributed by atoms with van der Waals surface area (Å²) in [5.74, 6) is 5.42. The molecule has 2 atom stereocenters. The van der Waals surface area contributed by atoms with Crippen molar-refractivity contribution in [1.29, 1.82) is 0 Å². The molecule has 1 aliphatic heterocycles. The molecule has 2 unspecified atom stereocenters. The molecule has 1 heterocycles. The van der Waals surface area contributed by atoms with E-state index in [4.69, 9.17) is 10.6 Å². The lowest BCUT2D eigenvalue weighted by molar-refractivity contribution is -0.138. The normalized spacial score (nSPS) is 21.6. The molecular weight excluding hydrogens is 257 g/mol. The van der Waals surface area contributed by atoms with Crippen LogP contribution in [0.15, 0.2) is 24.3 Å². The van der Waals surface area contributed by atoms with E-state index in [1.807, 2.05) is 0 Å². The Morgan fingerprint density at radius 3 is 2.68 bits per heavy atom. The van der Waals surface area contributed by atoms with Crippen molar-refractivity contribution in [2.24, 2.45) is 5.84 Å². The third-order valence-corrected chi connectivity index (χ3v) is 3.37. The molecule has 0 bridgehead atoms. The molecule has 19 heavy (non-hydrogen) atoms. The predicted molar refractivity (Wildman–Crippen MR) is 65.1 cm³/mol. The standard InChI is InChI=1S/C13H17F3N2O/c14-13(15,16)11-6-2-1-5-10(11)12(18-17)8-9-4-3-7-19-9/h1-2,5-6,9,12,18H,3-4,7-8,17H2. The van der Waals surface area contributed by atoms with Crippen LogP contribution in [0.4, 0.5) is 13.2 Å². The van der Waals surface area contributed by atoms with Crippen LogP contribution in [0.5, 0.6) is 0 Å². The fourth-order valence-electron chi connectivity index (χ4n) is 2.44. The van der Waals surface area contributed by atoms with Gasteiger partial charge in [-0.2, -0.15) is 13.2 Å². The van der Waals surface area contributed by atoms with Gasteiger partial charge in [-0.15, -0.1) is 0 Å². The van der Waals surface area contributed by atoms with Crippen molar-refractivity contribution in [2.45, 2.75) is 37.6 Å². The molecule has 6 heteroatoms. The van der Waals surface area contributed by atoms with E-state index in [1.165, 1.54) is 12.1 Å². The highest BCUT2D eigenvalue weighted by Crippen LogP contribution is 2.36. The molecule has 1 aliphatic rings. The lowest BCUT2D eigenvalue weighted by Gasteiger charge is -2.23. The highest BCUT2D eigenvalue weighted by atomic mass is 19.4. The van der Waals surface area contributed by atoms with Crippen molar-refractivity contribution in [3.05, 3.63) is 35.4 Å². The van der Waals surface area contributed by atoms with Crippen LogP contribution in [0.3, 0.4) is 0 Å². The Morgan fingerprint density at radius 2 is 2.11 bits per heavy atom. The maximum atomic E-state index is 13.0. The second-order valence-electron chi connectivity index (χ2n) is 4.67. The third-order valence-electron chi connectivity index (χ3n) is 3.37. The molecule has 1 aromatic rings. The first-order valence-corrected chi connectivity index (χ1v) is 6.26. The van der Waals surface area contributed by atoms with Crippen LogP contribution in [-0.4, -0.2) is 12.7 Å². The van der Waals surface area contributed by atoms with Crippen molar-refractivity contribution >= 4 is 0 Å². The van der Waals surface area contributed by atoms with Crippen LogP contribution in [0.25, 0.3) is 0 Å². The molecule has 0 amide bonds. The highest BCUT2D eigenvalue weighted by molar-refractivity contribution is 5.32. The van der Waals surface area contributed by atoms with Crippen molar-refractivity contribution in [3.63, 3.8) is 0 Å². The molecule has 2 rings (SSSR count). The monoisotopic (exact) mass is 274 g/mol. The summed E-state index contributed by atoms with van der Waals surface area (Å²) in [4.78, 5) is 0. The van der Waals surface area contributed by atoms with Gasteiger partial charge in [0.1, 0.15) is 0 Å². The van der Waals surface area contributed by atoms with Gasteiger partial charge in [-0.3, -0.25) is 11.3 Å². The number of hydrazine groups is 1. The topological polar surface area (TPSA) is 47.3 Å². The lowest BCUT2D eigenvalue weighted by atomic mass is 9.95. The minimum Gasteiger partial charge on any atom is -0.378 e. The minimum atomic E-state index is -4.37. The SMILES string of the molecule is NNC(CC1CCCO1)c1ccccc1C(F)(F)F. The summed E-state index contributed by atoms with van der Waals surface area (Å²) in [5.41, 5.74) is 2.01. The Hall–Kier alpha value is -1.11. The predicted octanol–water partition coefficient (Wildman–Crippen LogP) is 2.78. The summed E-state index contributed by atoms with van der Waals surface area (Å²) in [7, 11) is 0. The number of rotatable bonds is 4. The number of ether oxygens (including phenoxy) is 1. The number of hydrogen-bond acceptors (Lipinski definition) is 3. The fraction of sp³-hybridized carbons (Fsp3) is 0.538. The molecule has 0 spiro atoms. The van der Waals surface area contributed by atoms with Gasteiger partial charge in [-0.05, 0) is 30.9 Å². The number of halogens is 3. The zero-order chi connectivity index (χ0) is 13.9. The summed E-state index contributed by atoms with van der Waals surface area (Å²) in [6.07, 6.45) is -2.14. The van der Waals surface area contributed by atoms with Gasteiger partial charge in [0, 0.05) is 12.6 Å². The van der Waals surface area contributed by atoms with Gasteiger partial charge in [-0.1, -0.05) is 18.2 Å². The van der Waals surface area contributed by atoms with Gasteiger partial charge in [0.05, 0.1) is 11.7 Å². The Morgan fingerprint density at radius 1 is 1.37 bits per heavy atom. The first kappa shape index (κ1) is 14.3. The van der Waals surface area contributed by atoms with E-state index in [0.717, 1.165) is 18.9 Å². The van der Waals surface area contributed by atoms with Crippen molar-refractivity contribution in [1.82, 2.24) is 5.43 Å². The van der Waals surface area contributed by atoms with Crippen LogP contribution < -0.4 is 11.3 Å². The maximum Gasteiger partial charge on any atom is 0.416 e. The largest absolute Gasteiger partial charge is 0.416 e. The van der Waals surface area contributed by atoms with Crippen molar-refractivity contribution < 1.29 is 17.9 Å². The summed E-state index contributed by atoms with van der Waals surface area (Å²) < 4.78 is 44.3. The first-order chi connectivity index (χ1) is 9.02. The van der Waals surface area contributed by atoms with Crippen LogP contribution >= 0.6 is 0 Å². The molecule has 0 radical (unpaired) electrons. The summed E-state index contributed by atoms with van der Waals surface area (Å²) in [6, 6.07) is 4.95. The molecule has 1 fully saturated rings. The van der Waals surface area contributed by atoms with Gasteiger partial charge in [0.2, 0.25) is 0 Å². The van der Waals surface area contributed by atoms with Gasteiger partial charge < -0.3 is 4.74 Å². The zero-order valence-corrected chi connectivity index (χ0v) is 10.4. The average molecular weight is 274 g/mol. The molecule has 1 aromatic carbocycles. The van der Waals surface area contributed by atoms with E-state index in [2.05, 4.69) is 5.43 Å². The Labute approximate surface area is 109 Å². The number of nitrogens with two attached hydrogens (primary N) is 1. The quantitative estimate of drug-likeness (QED) is 0.655. The van der Waals surface area contributed by atoms with Crippen LogP contribution in [0.1, 0.15) is 36.4 Å². The summed E-state index contributed by atoms with van der Waals surface area (Å²) in [6.45, 7) is 0.670. The van der Waals surface area contributed by atoms with E-state index in [1.54, 1.807) is 6.07 Å². The summed E-state index contributed by atoms with van der Waals surface area (Å²) >= 11 is 0. The molecule has 106 valence electrons. The zero-order valence-electron chi connectivity index (χ0n) is 10.4. The highest BCUT2D eigenvalue weighted by Gasteiger charge is 2.35.